The molecule has 1 N–H and O–H groups in total. The summed E-state index contributed by atoms with van der Waals surface area (Å²) in [5.74, 6) is 0. The Bertz CT molecular complexity index is 641. The average molecular weight is 349 g/mol. The van der Waals surface area contributed by atoms with Gasteiger partial charge in [0.15, 0.2) is 0 Å². The van der Waals surface area contributed by atoms with Crippen LogP contribution in [0.5, 0.6) is 0 Å². The molecular formula is C16H17BrN2O2. The summed E-state index contributed by atoms with van der Waals surface area (Å²) in [6.07, 6.45) is 0. The molecule has 0 unspecified atom stereocenters. The Kier molecular flexibility index (Phi) is 5.09. The standard InChI is InChI=1S/C16H17BrN2O2/c1-11-3-5-13(6-4-11)12(2)18-10-14-7-8-15(19(20)21)9-16(14)17/h3-9,12,18H,10H2,1-2H3/t12-/m0/s1. The van der Waals surface area contributed by atoms with Crippen LogP contribution in [0, 0.1) is 17.0 Å². The van der Waals surface area contributed by atoms with Gasteiger partial charge in [-0.2, -0.15) is 0 Å². The molecule has 0 saturated heterocycles. The third kappa shape index (κ3) is 4.12. The largest absolute Gasteiger partial charge is 0.306 e. The van der Waals surface area contributed by atoms with E-state index in [1.54, 1.807) is 6.07 Å². The predicted octanol–water partition coefficient (Wildman–Crippen LogP) is 4.52. The lowest BCUT2D eigenvalue weighted by Crippen LogP contribution is -2.18. The second kappa shape index (κ2) is 6.83. The van der Waals surface area contributed by atoms with Gasteiger partial charge in [0.2, 0.25) is 0 Å². The van der Waals surface area contributed by atoms with Crippen molar-refractivity contribution < 1.29 is 4.92 Å². The molecule has 0 heterocycles. The number of rotatable bonds is 5. The van der Waals surface area contributed by atoms with Gasteiger partial charge >= 0.3 is 0 Å². The van der Waals surface area contributed by atoms with Crippen LogP contribution in [0.25, 0.3) is 0 Å². The molecule has 2 rings (SSSR count). The Balaban J connectivity index is 2.02. The zero-order valence-corrected chi connectivity index (χ0v) is 13.6. The van der Waals surface area contributed by atoms with Crippen LogP contribution in [0.3, 0.4) is 0 Å². The van der Waals surface area contributed by atoms with E-state index < -0.39 is 4.92 Å². The maximum Gasteiger partial charge on any atom is 0.270 e. The van der Waals surface area contributed by atoms with E-state index in [2.05, 4.69) is 59.4 Å². The van der Waals surface area contributed by atoms with Crippen molar-refractivity contribution in [2.75, 3.05) is 0 Å². The zero-order chi connectivity index (χ0) is 15.4. The molecule has 1 atom stereocenters. The quantitative estimate of drug-likeness (QED) is 0.638. The van der Waals surface area contributed by atoms with Crippen LogP contribution >= 0.6 is 15.9 Å². The van der Waals surface area contributed by atoms with Crippen molar-refractivity contribution in [2.45, 2.75) is 26.4 Å². The van der Waals surface area contributed by atoms with E-state index in [4.69, 9.17) is 0 Å². The first-order chi connectivity index (χ1) is 9.97. The molecule has 0 saturated carbocycles. The second-order valence-electron chi connectivity index (χ2n) is 5.05. The van der Waals surface area contributed by atoms with Crippen LogP contribution in [-0.2, 0) is 6.54 Å². The van der Waals surface area contributed by atoms with E-state index in [1.807, 2.05) is 0 Å². The summed E-state index contributed by atoms with van der Waals surface area (Å²) in [5.41, 5.74) is 3.56. The zero-order valence-electron chi connectivity index (χ0n) is 12.0. The summed E-state index contributed by atoms with van der Waals surface area (Å²) in [6, 6.07) is 13.5. The lowest BCUT2D eigenvalue weighted by Gasteiger charge is -2.15. The first kappa shape index (κ1) is 15.7. The third-order valence-electron chi connectivity index (χ3n) is 3.42. The number of halogens is 1. The Morgan fingerprint density at radius 2 is 1.90 bits per heavy atom. The highest BCUT2D eigenvalue weighted by atomic mass is 79.9. The number of nitro groups is 1. The Labute approximate surface area is 132 Å². The van der Waals surface area contributed by atoms with Crippen LogP contribution in [0.15, 0.2) is 46.9 Å². The van der Waals surface area contributed by atoms with Gasteiger partial charge in [-0.05, 0) is 31.0 Å². The molecule has 4 nitrogen and oxygen atoms in total. The van der Waals surface area contributed by atoms with E-state index in [1.165, 1.54) is 23.3 Å². The van der Waals surface area contributed by atoms with Gasteiger partial charge in [-0.1, -0.05) is 45.8 Å². The molecule has 21 heavy (non-hydrogen) atoms. The number of nitrogens with one attached hydrogen (secondary N) is 1. The van der Waals surface area contributed by atoms with Gasteiger partial charge in [-0.15, -0.1) is 0 Å². The molecule has 0 spiro atoms. The fourth-order valence-electron chi connectivity index (χ4n) is 2.03. The molecule has 0 aliphatic heterocycles. The van der Waals surface area contributed by atoms with Crippen LogP contribution < -0.4 is 5.32 Å². The van der Waals surface area contributed by atoms with Gasteiger partial charge in [-0.25, -0.2) is 0 Å². The number of non-ortho nitro benzene ring substituents is 1. The summed E-state index contributed by atoms with van der Waals surface area (Å²) in [7, 11) is 0. The minimum atomic E-state index is -0.392. The average Bonchev–Trinajstić information content (AvgIpc) is 2.46. The summed E-state index contributed by atoms with van der Waals surface area (Å²) >= 11 is 3.39. The molecule has 0 amide bonds. The fraction of sp³-hybridized carbons (Fsp3) is 0.250. The van der Waals surface area contributed by atoms with Gasteiger partial charge in [-0.3, -0.25) is 10.1 Å². The summed E-state index contributed by atoms with van der Waals surface area (Å²) in [6.45, 7) is 4.81. The molecule has 0 fully saturated rings. The molecule has 0 aliphatic rings. The Morgan fingerprint density at radius 3 is 2.48 bits per heavy atom. The lowest BCUT2D eigenvalue weighted by molar-refractivity contribution is -0.384. The van der Waals surface area contributed by atoms with Gasteiger partial charge in [0, 0.05) is 29.2 Å². The monoisotopic (exact) mass is 348 g/mol. The second-order valence-corrected chi connectivity index (χ2v) is 5.90. The number of hydrogen-bond acceptors (Lipinski definition) is 3. The molecule has 0 aromatic heterocycles. The smallest absolute Gasteiger partial charge is 0.270 e. The molecule has 2 aromatic carbocycles. The van der Waals surface area contributed by atoms with Crippen LogP contribution in [0.2, 0.25) is 0 Å². The van der Waals surface area contributed by atoms with E-state index >= 15 is 0 Å². The van der Waals surface area contributed by atoms with Gasteiger partial charge in [0.05, 0.1) is 4.92 Å². The van der Waals surface area contributed by atoms with Crippen molar-refractivity contribution in [3.63, 3.8) is 0 Å². The highest BCUT2D eigenvalue weighted by molar-refractivity contribution is 9.10. The number of nitrogens with zero attached hydrogens (tertiary/aromatic N) is 1. The number of nitro benzene ring substituents is 1. The van der Waals surface area contributed by atoms with Crippen LogP contribution in [-0.4, -0.2) is 4.92 Å². The Hall–Kier alpha value is -1.72. The molecule has 0 radical (unpaired) electrons. The van der Waals surface area contributed by atoms with E-state index in [0.717, 1.165) is 10.0 Å². The minimum Gasteiger partial charge on any atom is -0.306 e. The maximum absolute atomic E-state index is 10.7. The van der Waals surface area contributed by atoms with Crippen molar-refractivity contribution in [3.05, 3.63) is 73.7 Å². The van der Waals surface area contributed by atoms with Gasteiger partial charge in [0.25, 0.3) is 5.69 Å². The molecular weight excluding hydrogens is 332 g/mol. The predicted molar refractivity (Wildman–Crippen MR) is 87.2 cm³/mol. The Morgan fingerprint density at radius 1 is 1.24 bits per heavy atom. The van der Waals surface area contributed by atoms with Crippen molar-refractivity contribution in [3.8, 4) is 0 Å². The number of aryl methyl sites for hydroxylation is 1. The van der Waals surface area contributed by atoms with Crippen molar-refractivity contribution in [1.29, 1.82) is 0 Å². The molecule has 0 bridgehead atoms. The number of hydrogen-bond donors (Lipinski definition) is 1. The van der Waals surface area contributed by atoms with Crippen LogP contribution in [0.1, 0.15) is 29.7 Å². The summed E-state index contributed by atoms with van der Waals surface area (Å²) < 4.78 is 0.750. The highest BCUT2D eigenvalue weighted by Gasteiger charge is 2.10. The first-order valence-corrected chi connectivity index (χ1v) is 7.49. The van der Waals surface area contributed by atoms with Gasteiger partial charge < -0.3 is 5.32 Å². The normalized spacial score (nSPS) is 12.1. The lowest BCUT2D eigenvalue weighted by atomic mass is 10.1. The third-order valence-corrected chi connectivity index (χ3v) is 4.16. The molecule has 0 aliphatic carbocycles. The first-order valence-electron chi connectivity index (χ1n) is 6.70. The molecule has 2 aromatic rings. The fourth-order valence-corrected chi connectivity index (χ4v) is 2.54. The molecule has 110 valence electrons. The summed E-state index contributed by atoms with van der Waals surface area (Å²) in [5, 5.41) is 14.1. The molecule has 5 heteroatoms. The van der Waals surface area contributed by atoms with Crippen LogP contribution in [0.4, 0.5) is 5.69 Å². The summed E-state index contributed by atoms with van der Waals surface area (Å²) in [4.78, 5) is 10.3. The maximum atomic E-state index is 10.7. The van der Waals surface area contributed by atoms with Crippen molar-refractivity contribution >= 4 is 21.6 Å². The van der Waals surface area contributed by atoms with Crippen molar-refractivity contribution in [1.82, 2.24) is 5.32 Å². The number of benzene rings is 2. The van der Waals surface area contributed by atoms with Gasteiger partial charge in [0.1, 0.15) is 0 Å². The van der Waals surface area contributed by atoms with E-state index in [9.17, 15) is 10.1 Å². The minimum absolute atomic E-state index is 0.0946. The topological polar surface area (TPSA) is 55.2 Å². The van der Waals surface area contributed by atoms with Crippen molar-refractivity contribution in [2.24, 2.45) is 0 Å². The van der Waals surface area contributed by atoms with E-state index in [0.29, 0.717) is 6.54 Å². The highest BCUT2D eigenvalue weighted by Crippen LogP contribution is 2.23. The van der Waals surface area contributed by atoms with E-state index in [-0.39, 0.29) is 11.7 Å². The SMILES string of the molecule is Cc1ccc([C@H](C)NCc2ccc([N+](=O)[O-])cc2Br)cc1.